The SMILES string of the molecule is Cc1ccccc1C(=O)CN1CCCC1C(N)=O. The molecule has 0 saturated carbocycles. The molecule has 4 heteroatoms. The molecule has 0 radical (unpaired) electrons. The van der Waals surface area contributed by atoms with Gasteiger partial charge in [-0.3, -0.25) is 14.5 Å². The van der Waals surface area contributed by atoms with E-state index in [2.05, 4.69) is 0 Å². The van der Waals surface area contributed by atoms with Gasteiger partial charge in [-0.2, -0.15) is 0 Å². The van der Waals surface area contributed by atoms with Gasteiger partial charge in [-0.1, -0.05) is 24.3 Å². The number of benzene rings is 1. The summed E-state index contributed by atoms with van der Waals surface area (Å²) in [6.07, 6.45) is 1.69. The van der Waals surface area contributed by atoms with Crippen molar-refractivity contribution >= 4 is 11.7 Å². The predicted octanol–water partition coefficient (Wildman–Crippen LogP) is 1.13. The third-order valence-corrected chi connectivity index (χ3v) is 3.48. The molecule has 2 rings (SSSR count). The Morgan fingerprint density at radius 1 is 1.39 bits per heavy atom. The minimum Gasteiger partial charge on any atom is -0.368 e. The highest BCUT2D eigenvalue weighted by molar-refractivity contribution is 5.99. The lowest BCUT2D eigenvalue weighted by atomic mass is 10.0. The summed E-state index contributed by atoms with van der Waals surface area (Å²) in [4.78, 5) is 25.3. The van der Waals surface area contributed by atoms with Crippen LogP contribution in [0, 0.1) is 6.92 Å². The molecule has 1 fully saturated rings. The maximum absolute atomic E-state index is 12.2. The number of amides is 1. The smallest absolute Gasteiger partial charge is 0.234 e. The van der Waals surface area contributed by atoms with E-state index >= 15 is 0 Å². The molecule has 4 nitrogen and oxygen atoms in total. The van der Waals surface area contributed by atoms with E-state index in [1.54, 1.807) is 0 Å². The molecular formula is C14H18N2O2. The van der Waals surface area contributed by atoms with E-state index in [-0.39, 0.29) is 24.3 Å². The van der Waals surface area contributed by atoms with Gasteiger partial charge in [0.15, 0.2) is 5.78 Å². The summed E-state index contributed by atoms with van der Waals surface area (Å²) in [5.41, 5.74) is 7.04. The second-order valence-corrected chi connectivity index (χ2v) is 4.77. The fourth-order valence-corrected chi connectivity index (χ4v) is 2.49. The van der Waals surface area contributed by atoms with Crippen LogP contribution >= 0.6 is 0 Å². The number of nitrogens with two attached hydrogens (primary N) is 1. The average molecular weight is 246 g/mol. The van der Waals surface area contributed by atoms with Gasteiger partial charge >= 0.3 is 0 Å². The van der Waals surface area contributed by atoms with E-state index in [1.807, 2.05) is 36.1 Å². The topological polar surface area (TPSA) is 63.4 Å². The third kappa shape index (κ3) is 2.59. The lowest BCUT2D eigenvalue weighted by Gasteiger charge is -2.21. The van der Waals surface area contributed by atoms with E-state index in [4.69, 9.17) is 5.73 Å². The molecule has 1 aliphatic heterocycles. The molecule has 1 aromatic rings. The molecule has 1 amide bonds. The van der Waals surface area contributed by atoms with Gasteiger partial charge in [0.1, 0.15) is 0 Å². The van der Waals surface area contributed by atoms with Crippen molar-refractivity contribution in [3.05, 3.63) is 35.4 Å². The van der Waals surface area contributed by atoms with Crippen LogP contribution in [0.25, 0.3) is 0 Å². The Hall–Kier alpha value is -1.68. The van der Waals surface area contributed by atoms with Gasteiger partial charge in [0.05, 0.1) is 12.6 Å². The molecule has 0 bridgehead atoms. The number of hydrogen-bond acceptors (Lipinski definition) is 3. The van der Waals surface area contributed by atoms with Gasteiger partial charge in [0.25, 0.3) is 0 Å². The number of aryl methyl sites for hydroxylation is 1. The summed E-state index contributed by atoms with van der Waals surface area (Å²) >= 11 is 0. The number of carbonyl (C=O) groups is 2. The Bertz CT molecular complexity index is 471. The highest BCUT2D eigenvalue weighted by Crippen LogP contribution is 2.18. The standard InChI is InChI=1S/C14H18N2O2/c1-10-5-2-3-6-11(10)13(17)9-16-8-4-7-12(16)14(15)18/h2-3,5-6,12H,4,7-9H2,1H3,(H2,15,18). The Morgan fingerprint density at radius 2 is 2.11 bits per heavy atom. The number of Topliss-reactive ketones (excluding diaryl/α,β-unsaturated/α-hetero) is 1. The first-order chi connectivity index (χ1) is 8.59. The van der Waals surface area contributed by atoms with Crippen molar-refractivity contribution in [2.45, 2.75) is 25.8 Å². The molecule has 18 heavy (non-hydrogen) atoms. The Balaban J connectivity index is 2.08. The molecule has 1 aromatic carbocycles. The van der Waals surface area contributed by atoms with Crippen LogP contribution in [-0.2, 0) is 4.79 Å². The lowest BCUT2D eigenvalue weighted by Crippen LogP contribution is -2.42. The molecule has 1 unspecified atom stereocenters. The highest BCUT2D eigenvalue weighted by Gasteiger charge is 2.30. The first-order valence-electron chi connectivity index (χ1n) is 6.22. The second kappa shape index (κ2) is 5.31. The van der Waals surface area contributed by atoms with Gasteiger partial charge in [-0.25, -0.2) is 0 Å². The van der Waals surface area contributed by atoms with Crippen molar-refractivity contribution in [2.24, 2.45) is 5.73 Å². The van der Waals surface area contributed by atoms with Crippen molar-refractivity contribution in [2.75, 3.05) is 13.1 Å². The molecule has 1 atom stereocenters. The van der Waals surface area contributed by atoms with Crippen LogP contribution in [0.2, 0.25) is 0 Å². The maximum Gasteiger partial charge on any atom is 0.234 e. The van der Waals surface area contributed by atoms with Crippen LogP contribution in [0.3, 0.4) is 0 Å². The zero-order valence-electron chi connectivity index (χ0n) is 10.6. The number of ketones is 1. The maximum atomic E-state index is 12.2. The van der Waals surface area contributed by atoms with Crippen molar-refractivity contribution < 1.29 is 9.59 Å². The summed E-state index contributed by atoms with van der Waals surface area (Å²) in [6, 6.07) is 7.23. The quantitative estimate of drug-likeness (QED) is 0.810. The van der Waals surface area contributed by atoms with E-state index in [0.717, 1.165) is 30.5 Å². The fourth-order valence-electron chi connectivity index (χ4n) is 2.49. The first kappa shape index (κ1) is 12.8. The van der Waals surface area contributed by atoms with Crippen LogP contribution in [-0.4, -0.2) is 35.7 Å². The van der Waals surface area contributed by atoms with Gasteiger partial charge in [-0.15, -0.1) is 0 Å². The molecule has 1 saturated heterocycles. The van der Waals surface area contributed by atoms with Crippen LogP contribution < -0.4 is 5.73 Å². The van der Waals surface area contributed by atoms with Gasteiger partial charge in [0.2, 0.25) is 5.91 Å². The van der Waals surface area contributed by atoms with E-state index in [0.29, 0.717) is 0 Å². The summed E-state index contributed by atoms with van der Waals surface area (Å²) in [7, 11) is 0. The number of nitrogens with zero attached hydrogens (tertiary/aromatic N) is 1. The molecular weight excluding hydrogens is 228 g/mol. The number of rotatable bonds is 4. The summed E-state index contributed by atoms with van der Waals surface area (Å²) in [6.45, 7) is 2.96. The molecule has 2 N–H and O–H groups in total. The molecule has 1 aliphatic rings. The second-order valence-electron chi connectivity index (χ2n) is 4.77. The molecule has 1 heterocycles. The van der Waals surface area contributed by atoms with Crippen LogP contribution in [0.5, 0.6) is 0 Å². The van der Waals surface area contributed by atoms with Crippen LogP contribution in [0.1, 0.15) is 28.8 Å². The van der Waals surface area contributed by atoms with Gasteiger partial charge < -0.3 is 5.73 Å². The average Bonchev–Trinajstić information content (AvgIpc) is 2.77. The number of likely N-dealkylation sites (tertiary alicyclic amines) is 1. The Morgan fingerprint density at radius 3 is 2.78 bits per heavy atom. The Kier molecular flexibility index (Phi) is 3.77. The molecule has 0 aliphatic carbocycles. The predicted molar refractivity (Wildman–Crippen MR) is 69.3 cm³/mol. The van der Waals surface area contributed by atoms with E-state index in [9.17, 15) is 9.59 Å². The van der Waals surface area contributed by atoms with E-state index in [1.165, 1.54) is 0 Å². The summed E-state index contributed by atoms with van der Waals surface area (Å²) in [5.74, 6) is -0.272. The number of primary amides is 1. The fraction of sp³-hybridized carbons (Fsp3) is 0.429. The molecule has 0 aromatic heterocycles. The summed E-state index contributed by atoms with van der Waals surface area (Å²) < 4.78 is 0. The minimum absolute atomic E-state index is 0.0567. The number of carbonyl (C=O) groups excluding carboxylic acids is 2. The third-order valence-electron chi connectivity index (χ3n) is 3.48. The van der Waals surface area contributed by atoms with Crippen molar-refractivity contribution in [3.8, 4) is 0 Å². The first-order valence-corrected chi connectivity index (χ1v) is 6.22. The van der Waals surface area contributed by atoms with Gasteiger partial charge in [0, 0.05) is 5.56 Å². The normalized spacial score (nSPS) is 19.9. The highest BCUT2D eigenvalue weighted by atomic mass is 16.1. The van der Waals surface area contributed by atoms with Gasteiger partial charge in [-0.05, 0) is 31.9 Å². The van der Waals surface area contributed by atoms with Crippen LogP contribution in [0.4, 0.5) is 0 Å². The van der Waals surface area contributed by atoms with Crippen molar-refractivity contribution in [1.29, 1.82) is 0 Å². The zero-order valence-corrected chi connectivity index (χ0v) is 10.6. The van der Waals surface area contributed by atoms with E-state index < -0.39 is 0 Å². The zero-order chi connectivity index (χ0) is 13.1. The van der Waals surface area contributed by atoms with Crippen molar-refractivity contribution in [3.63, 3.8) is 0 Å². The Labute approximate surface area is 107 Å². The number of hydrogen-bond donors (Lipinski definition) is 1. The molecule has 0 spiro atoms. The minimum atomic E-state index is -0.329. The van der Waals surface area contributed by atoms with Crippen LogP contribution in [0.15, 0.2) is 24.3 Å². The monoisotopic (exact) mass is 246 g/mol. The summed E-state index contributed by atoms with van der Waals surface area (Å²) in [5, 5.41) is 0. The lowest BCUT2D eigenvalue weighted by molar-refractivity contribution is -0.122. The molecule has 96 valence electrons. The largest absolute Gasteiger partial charge is 0.368 e. The van der Waals surface area contributed by atoms with Crippen molar-refractivity contribution in [1.82, 2.24) is 4.90 Å².